The molecule has 0 aliphatic rings. The number of aromatic carboxylic acids is 1. The van der Waals surface area contributed by atoms with Crippen LogP contribution < -0.4 is 4.72 Å². The zero-order chi connectivity index (χ0) is 16.0. The van der Waals surface area contributed by atoms with E-state index in [1.165, 1.54) is 4.90 Å². The number of aromatic nitrogens is 1. The summed E-state index contributed by atoms with van der Waals surface area (Å²) in [5.74, 6) is -1.54. The maximum absolute atomic E-state index is 11.9. The zero-order valence-electron chi connectivity index (χ0n) is 11.7. The quantitative estimate of drug-likeness (QED) is 0.727. The van der Waals surface area contributed by atoms with E-state index >= 15 is 0 Å². The van der Waals surface area contributed by atoms with Crippen molar-refractivity contribution in [3.05, 3.63) is 23.9 Å². The Bertz CT molecular complexity index is 608. The first-order valence-electron chi connectivity index (χ1n) is 6.28. The Hall–Kier alpha value is -2.00. The van der Waals surface area contributed by atoms with Crippen LogP contribution in [-0.2, 0) is 14.8 Å². The molecule has 0 unspecified atom stereocenters. The Morgan fingerprint density at radius 2 is 1.90 bits per heavy atom. The van der Waals surface area contributed by atoms with Gasteiger partial charge in [0.15, 0.2) is 5.03 Å². The number of likely N-dealkylation sites (N-methyl/N-ethyl adjacent to an activating group) is 1. The van der Waals surface area contributed by atoms with Crippen LogP contribution in [0.3, 0.4) is 0 Å². The van der Waals surface area contributed by atoms with Gasteiger partial charge in [-0.15, -0.1) is 0 Å². The summed E-state index contributed by atoms with van der Waals surface area (Å²) in [6.07, 6.45) is 0.948. The molecule has 0 saturated heterocycles. The fourth-order valence-corrected chi connectivity index (χ4v) is 2.48. The average Bonchev–Trinajstić information content (AvgIpc) is 2.46. The number of carboxylic acid groups (broad SMARTS) is 1. The lowest BCUT2D eigenvalue weighted by Crippen LogP contribution is -2.40. The van der Waals surface area contributed by atoms with Crippen molar-refractivity contribution in [2.45, 2.75) is 18.9 Å². The topological polar surface area (TPSA) is 117 Å². The minimum absolute atomic E-state index is 0.117. The van der Waals surface area contributed by atoms with Crippen molar-refractivity contribution in [1.29, 1.82) is 0 Å². The molecule has 8 nitrogen and oxygen atoms in total. The van der Waals surface area contributed by atoms with Gasteiger partial charge in [-0.2, -0.15) is 0 Å². The SMILES string of the molecule is CCN(CC)C(=O)CNS(=O)(=O)c1ccc(C(=O)O)cn1. The fraction of sp³-hybridized carbons (Fsp3) is 0.417. The number of sulfonamides is 1. The molecule has 0 aromatic carbocycles. The molecule has 1 aromatic rings. The van der Waals surface area contributed by atoms with Crippen LogP contribution in [0.1, 0.15) is 24.2 Å². The summed E-state index contributed by atoms with van der Waals surface area (Å²) in [5, 5.41) is 8.38. The maximum atomic E-state index is 11.9. The third-order valence-corrected chi connectivity index (χ3v) is 4.10. The van der Waals surface area contributed by atoms with Gasteiger partial charge in [0.1, 0.15) is 0 Å². The highest BCUT2D eigenvalue weighted by atomic mass is 32.2. The molecule has 0 aliphatic heterocycles. The first-order chi connectivity index (χ1) is 9.81. The molecule has 0 bridgehead atoms. The highest BCUT2D eigenvalue weighted by Crippen LogP contribution is 2.06. The molecule has 1 heterocycles. The van der Waals surface area contributed by atoms with Crippen molar-refractivity contribution in [2.24, 2.45) is 0 Å². The van der Waals surface area contributed by atoms with Crippen LogP contribution in [0.25, 0.3) is 0 Å². The van der Waals surface area contributed by atoms with Gasteiger partial charge in [0.25, 0.3) is 10.0 Å². The van der Waals surface area contributed by atoms with Crippen LogP contribution in [0.15, 0.2) is 23.4 Å². The third kappa shape index (κ3) is 4.50. The van der Waals surface area contributed by atoms with E-state index < -0.39 is 16.0 Å². The molecule has 1 rings (SSSR count). The highest BCUT2D eigenvalue weighted by molar-refractivity contribution is 7.89. The monoisotopic (exact) mass is 315 g/mol. The number of nitrogens with one attached hydrogen (secondary N) is 1. The van der Waals surface area contributed by atoms with Crippen molar-refractivity contribution in [3.63, 3.8) is 0 Å². The normalized spacial score (nSPS) is 11.1. The number of carbonyl (C=O) groups excluding carboxylic acids is 1. The lowest BCUT2D eigenvalue weighted by molar-refractivity contribution is -0.129. The lowest BCUT2D eigenvalue weighted by Gasteiger charge is -2.18. The molecule has 21 heavy (non-hydrogen) atoms. The van der Waals surface area contributed by atoms with E-state index in [0.717, 1.165) is 18.3 Å². The van der Waals surface area contributed by atoms with Crippen LogP contribution >= 0.6 is 0 Å². The molecule has 0 atom stereocenters. The molecule has 1 amide bonds. The summed E-state index contributed by atoms with van der Waals surface area (Å²) >= 11 is 0. The van der Waals surface area contributed by atoms with Gasteiger partial charge in [0.2, 0.25) is 5.91 Å². The van der Waals surface area contributed by atoms with Gasteiger partial charge >= 0.3 is 5.97 Å². The van der Waals surface area contributed by atoms with Gasteiger partial charge in [-0.1, -0.05) is 0 Å². The summed E-state index contributed by atoms with van der Waals surface area (Å²) in [7, 11) is -3.95. The Labute approximate surface area is 122 Å². The van der Waals surface area contributed by atoms with Crippen molar-refractivity contribution in [3.8, 4) is 0 Å². The predicted octanol–water partition coefficient (Wildman–Crippen LogP) is -0.0735. The fourth-order valence-electron chi connectivity index (χ4n) is 1.58. The number of carbonyl (C=O) groups is 2. The number of carboxylic acids is 1. The smallest absolute Gasteiger partial charge is 0.337 e. The van der Waals surface area contributed by atoms with Crippen LogP contribution in [0.4, 0.5) is 0 Å². The van der Waals surface area contributed by atoms with Crippen LogP contribution in [0, 0.1) is 0 Å². The second-order valence-electron chi connectivity index (χ2n) is 4.08. The first-order valence-corrected chi connectivity index (χ1v) is 7.77. The summed E-state index contributed by atoms with van der Waals surface area (Å²) in [6.45, 7) is 4.20. The Morgan fingerprint density at radius 1 is 1.29 bits per heavy atom. The summed E-state index contributed by atoms with van der Waals surface area (Å²) < 4.78 is 26.0. The van der Waals surface area contributed by atoms with Crippen LogP contribution in [-0.4, -0.2) is 54.9 Å². The van der Waals surface area contributed by atoms with Crippen molar-refractivity contribution in [2.75, 3.05) is 19.6 Å². The molecule has 2 N–H and O–H groups in total. The van der Waals surface area contributed by atoms with Crippen molar-refractivity contribution in [1.82, 2.24) is 14.6 Å². The molecule has 0 saturated carbocycles. The molecule has 0 fully saturated rings. The maximum Gasteiger partial charge on any atom is 0.337 e. The summed E-state index contributed by atoms with van der Waals surface area (Å²) in [6, 6.07) is 2.21. The molecule has 0 aliphatic carbocycles. The minimum atomic E-state index is -3.95. The van der Waals surface area contributed by atoms with E-state index in [9.17, 15) is 18.0 Å². The second-order valence-corrected chi connectivity index (χ2v) is 5.79. The van der Waals surface area contributed by atoms with Gasteiger partial charge in [-0.05, 0) is 26.0 Å². The van der Waals surface area contributed by atoms with E-state index in [-0.39, 0.29) is 23.0 Å². The van der Waals surface area contributed by atoms with Crippen molar-refractivity contribution >= 4 is 21.9 Å². The lowest BCUT2D eigenvalue weighted by atomic mass is 10.3. The number of hydrogen-bond acceptors (Lipinski definition) is 5. The van der Waals surface area contributed by atoms with Crippen LogP contribution in [0.5, 0.6) is 0 Å². The van der Waals surface area contributed by atoms with Crippen molar-refractivity contribution < 1.29 is 23.1 Å². The van der Waals surface area contributed by atoms with E-state index in [1.807, 2.05) is 0 Å². The third-order valence-electron chi connectivity index (χ3n) is 2.79. The van der Waals surface area contributed by atoms with E-state index in [0.29, 0.717) is 13.1 Å². The number of pyridine rings is 1. The van der Waals surface area contributed by atoms with E-state index in [4.69, 9.17) is 5.11 Å². The number of hydrogen-bond donors (Lipinski definition) is 2. The van der Waals surface area contributed by atoms with Gasteiger partial charge in [-0.3, -0.25) is 4.79 Å². The Balaban J connectivity index is 2.78. The first kappa shape index (κ1) is 17.1. The predicted molar refractivity (Wildman–Crippen MR) is 74.3 cm³/mol. The molecule has 116 valence electrons. The number of rotatable bonds is 7. The number of nitrogens with zero attached hydrogens (tertiary/aromatic N) is 2. The zero-order valence-corrected chi connectivity index (χ0v) is 12.6. The average molecular weight is 315 g/mol. The largest absolute Gasteiger partial charge is 0.478 e. The molecule has 0 radical (unpaired) electrons. The molecule has 0 spiro atoms. The standard InChI is InChI=1S/C12H17N3O5S/c1-3-15(4-2)11(16)8-14-21(19,20)10-6-5-9(7-13-10)12(17)18/h5-7,14H,3-4,8H2,1-2H3,(H,17,18). The second kappa shape index (κ2) is 7.14. The minimum Gasteiger partial charge on any atom is -0.478 e. The molecular weight excluding hydrogens is 298 g/mol. The summed E-state index contributed by atoms with van der Waals surface area (Å²) in [4.78, 5) is 27.5. The Morgan fingerprint density at radius 3 is 2.33 bits per heavy atom. The van der Waals surface area contributed by atoms with Gasteiger partial charge < -0.3 is 10.0 Å². The molecule has 9 heteroatoms. The van der Waals surface area contributed by atoms with Gasteiger partial charge in [0.05, 0.1) is 12.1 Å². The number of amides is 1. The molecular formula is C12H17N3O5S. The van der Waals surface area contributed by atoms with E-state index in [2.05, 4.69) is 9.71 Å². The van der Waals surface area contributed by atoms with Gasteiger partial charge in [0, 0.05) is 19.3 Å². The van der Waals surface area contributed by atoms with Gasteiger partial charge in [-0.25, -0.2) is 22.9 Å². The summed E-state index contributed by atoms with van der Waals surface area (Å²) in [5.41, 5.74) is -0.117. The van der Waals surface area contributed by atoms with E-state index in [1.54, 1.807) is 13.8 Å². The van der Waals surface area contributed by atoms with Crippen LogP contribution in [0.2, 0.25) is 0 Å². The highest BCUT2D eigenvalue weighted by Gasteiger charge is 2.19. The molecule has 1 aromatic heterocycles. The Kier molecular flexibility index (Phi) is 5.79.